The van der Waals surface area contributed by atoms with Crippen LogP contribution in [0.15, 0.2) is 29.2 Å². The van der Waals surface area contributed by atoms with Crippen LogP contribution in [0.4, 0.5) is 0 Å². The minimum absolute atomic E-state index is 0.0908. The normalized spacial score (nSPS) is 19.6. The third-order valence-corrected chi connectivity index (χ3v) is 5.66. The number of rotatable bonds is 5. The van der Waals surface area contributed by atoms with Crippen LogP contribution in [-0.4, -0.2) is 67.2 Å². The Morgan fingerprint density at radius 3 is 2.19 bits per heavy atom. The molecule has 1 aromatic carbocycles. The highest BCUT2D eigenvalue weighted by molar-refractivity contribution is 7.89. The highest BCUT2D eigenvalue weighted by atomic mass is 32.2. The summed E-state index contributed by atoms with van der Waals surface area (Å²) in [5, 5.41) is 18.4. The number of hydrogen-bond donors (Lipinski definition) is 2. The third-order valence-electron chi connectivity index (χ3n) is 3.75. The van der Waals surface area contributed by atoms with E-state index < -0.39 is 16.1 Å². The van der Waals surface area contributed by atoms with E-state index in [-0.39, 0.29) is 11.5 Å². The second-order valence-corrected chi connectivity index (χ2v) is 7.15. The van der Waals surface area contributed by atoms with Gasteiger partial charge in [-0.1, -0.05) is 12.1 Å². The van der Waals surface area contributed by atoms with Gasteiger partial charge in [0, 0.05) is 32.7 Å². The maximum Gasteiger partial charge on any atom is 0.243 e. The molecule has 1 heterocycles. The summed E-state index contributed by atoms with van der Waals surface area (Å²) in [7, 11) is -3.48. The van der Waals surface area contributed by atoms with Crippen molar-refractivity contribution >= 4 is 10.0 Å². The number of piperazine rings is 1. The van der Waals surface area contributed by atoms with Crippen molar-refractivity contribution < 1.29 is 18.6 Å². The van der Waals surface area contributed by atoms with Crippen molar-refractivity contribution in [2.45, 2.75) is 17.9 Å². The Kier molecular flexibility index (Phi) is 5.34. The second kappa shape index (κ2) is 6.85. The predicted molar refractivity (Wildman–Crippen MR) is 79.4 cm³/mol. The summed E-state index contributed by atoms with van der Waals surface area (Å²) in [6.45, 7) is 4.44. The fourth-order valence-corrected chi connectivity index (χ4v) is 3.82. The maximum absolute atomic E-state index is 12.5. The van der Waals surface area contributed by atoms with E-state index in [1.165, 1.54) is 16.4 Å². The van der Waals surface area contributed by atoms with Gasteiger partial charge in [-0.05, 0) is 24.6 Å². The van der Waals surface area contributed by atoms with Crippen molar-refractivity contribution in [3.8, 4) is 0 Å². The summed E-state index contributed by atoms with van der Waals surface area (Å²) in [5.41, 5.74) is 0.696. The van der Waals surface area contributed by atoms with Crippen molar-refractivity contribution in [3.63, 3.8) is 0 Å². The minimum Gasteiger partial charge on any atom is -0.395 e. The quantitative estimate of drug-likeness (QED) is 0.802. The molecule has 0 aliphatic carbocycles. The molecule has 0 radical (unpaired) electrons. The number of aliphatic hydroxyl groups is 2. The molecule has 6 nitrogen and oxygen atoms in total. The van der Waals surface area contributed by atoms with Crippen LogP contribution in [-0.2, 0) is 10.0 Å². The molecule has 118 valence electrons. The third kappa shape index (κ3) is 3.81. The SMILES string of the molecule is CC(O)c1ccc(S(=O)(=O)N2CCN(CCO)CC2)cc1. The monoisotopic (exact) mass is 314 g/mol. The Bertz CT molecular complexity index is 549. The molecular weight excluding hydrogens is 292 g/mol. The summed E-state index contributed by atoms with van der Waals surface area (Å²) < 4.78 is 26.5. The number of hydrogen-bond acceptors (Lipinski definition) is 5. The van der Waals surface area contributed by atoms with Gasteiger partial charge in [0.15, 0.2) is 0 Å². The van der Waals surface area contributed by atoms with Gasteiger partial charge >= 0.3 is 0 Å². The lowest BCUT2D eigenvalue weighted by molar-refractivity contribution is 0.151. The number of benzene rings is 1. The molecule has 0 saturated carbocycles. The standard InChI is InChI=1S/C14H22N2O4S/c1-12(18)13-2-4-14(5-3-13)21(19,20)16-8-6-15(7-9-16)10-11-17/h2-5,12,17-18H,6-11H2,1H3. The Labute approximate surface area is 125 Å². The van der Waals surface area contributed by atoms with E-state index in [4.69, 9.17) is 5.11 Å². The van der Waals surface area contributed by atoms with E-state index in [1.807, 2.05) is 4.90 Å². The van der Waals surface area contributed by atoms with Crippen LogP contribution in [0.1, 0.15) is 18.6 Å². The molecule has 0 aromatic heterocycles. The van der Waals surface area contributed by atoms with Gasteiger partial charge in [0.05, 0.1) is 17.6 Å². The first-order valence-electron chi connectivity index (χ1n) is 7.06. The average Bonchev–Trinajstić information content (AvgIpc) is 2.48. The van der Waals surface area contributed by atoms with Gasteiger partial charge in [-0.2, -0.15) is 4.31 Å². The highest BCUT2D eigenvalue weighted by Gasteiger charge is 2.28. The minimum atomic E-state index is -3.48. The Balaban J connectivity index is 2.08. The molecule has 1 atom stereocenters. The van der Waals surface area contributed by atoms with Crippen LogP contribution in [0.5, 0.6) is 0 Å². The highest BCUT2D eigenvalue weighted by Crippen LogP contribution is 2.20. The molecule has 1 aliphatic rings. The van der Waals surface area contributed by atoms with E-state index in [2.05, 4.69) is 0 Å². The van der Waals surface area contributed by atoms with Gasteiger partial charge in [0.2, 0.25) is 10.0 Å². The summed E-state index contributed by atoms with van der Waals surface area (Å²) in [5.74, 6) is 0. The van der Waals surface area contributed by atoms with Crippen molar-refractivity contribution in [1.29, 1.82) is 0 Å². The van der Waals surface area contributed by atoms with Gasteiger partial charge < -0.3 is 10.2 Å². The van der Waals surface area contributed by atoms with E-state index in [0.29, 0.717) is 38.3 Å². The summed E-state index contributed by atoms with van der Waals surface area (Å²) >= 11 is 0. The summed E-state index contributed by atoms with van der Waals surface area (Å²) in [6, 6.07) is 6.36. The van der Waals surface area contributed by atoms with E-state index >= 15 is 0 Å². The van der Waals surface area contributed by atoms with Crippen LogP contribution < -0.4 is 0 Å². The number of nitrogens with zero attached hydrogens (tertiary/aromatic N) is 2. The van der Waals surface area contributed by atoms with Crippen molar-refractivity contribution in [2.75, 3.05) is 39.3 Å². The smallest absolute Gasteiger partial charge is 0.243 e. The van der Waals surface area contributed by atoms with Crippen LogP contribution in [0, 0.1) is 0 Å². The van der Waals surface area contributed by atoms with Gasteiger partial charge in [0.1, 0.15) is 0 Å². The average molecular weight is 314 g/mol. The van der Waals surface area contributed by atoms with Crippen LogP contribution in [0.25, 0.3) is 0 Å². The molecular formula is C14H22N2O4S. The molecule has 1 fully saturated rings. The molecule has 0 spiro atoms. The molecule has 2 N–H and O–H groups in total. The number of β-amino-alcohol motifs (C(OH)–C–C–N with tert-alkyl or cyclic N) is 1. The second-order valence-electron chi connectivity index (χ2n) is 5.21. The molecule has 7 heteroatoms. The molecule has 1 aliphatic heterocycles. The first-order chi connectivity index (χ1) is 9.95. The van der Waals surface area contributed by atoms with E-state index in [9.17, 15) is 13.5 Å². The lowest BCUT2D eigenvalue weighted by Crippen LogP contribution is -2.49. The Hall–Kier alpha value is -0.990. The van der Waals surface area contributed by atoms with Crippen LogP contribution >= 0.6 is 0 Å². The van der Waals surface area contributed by atoms with Gasteiger partial charge in [0.25, 0.3) is 0 Å². The van der Waals surface area contributed by atoms with Crippen LogP contribution in [0.3, 0.4) is 0 Å². The number of sulfonamides is 1. The molecule has 2 rings (SSSR count). The lowest BCUT2D eigenvalue weighted by atomic mass is 10.1. The van der Waals surface area contributed by atoms with Crippen LogP contribution in [0.2, 0.25) is 0 Å². The predicted octanol–water partition coefficient (Wildman–Crippen LogP) is 0.0385. The Morgan fingerprint density at radius 1 is 1.14 bits per heavy atom. The first kappa shape index (κ1) is 16.4. The largest absolute Gasteiger partial charge is 0.395 e. The fourth-order valence-electron chi connectivity index (χ4n) is 2.40. The zero-order valence-corrected chi connectivity index (χ0v) is 13.0. The molecule has 1 unspecified atom stereocenters. The molecule has 1 saturated heterocycles. The van der Waals surface area contributed by atoms with Crippen molar-refractivity contribution in [2.24, 2.45) is 0 Å². The molecule has 0 amide bonds. The molecule has 0 bridgehead atoms. The summed E-state index contributed by atoms with van der Waals surface area (Å²) in [6.07, 6.45) is -0.608. The molecule has 21 heavy (non-hydrogen) atoms. The topological polar surface area (TPSA) is 81.1 Å². The zero-order chi connectivity index (χ0) is 15.5. The van der Waals surface area contributed by atoms with E-state index in [0.717, 1.165) is 0 Å². The zero-order valence-electron chi connectivity index (χ0n) is 12.1. The van der Waals surface area contributed by atoms with Gasteiger partial charge in [-0.25, -0.2) is 8.42 Å². The Morgan fingerprint density at radius 2 is 1.71 bits per heavy atom. The summed E-state index contributed by atoms with van der Waals surface area (Å²) in [4.78, 5) is 2.30. The fraction of sp³-hybridized carbons (Fsp3) is 0.571. The van der Waals surface area contributed by atoms with Crippen molar-refractivity contribution in [3.05, 3.63) is 29.8 Å². The first-order valence-corrected chi connectivity index (χ1v) is 8.50. The van der Waals surface area contributed by atoms with Gasteiger partial charge in [-0.15, -0.1) is 0 Å². The van der Waals surface area contributed by atoms with Crippen molar-refractivity contribution in [1.82, 2.24) is 9.21 Å². The van der Waals surface area contributed by atoms with Gasteiger partial charge in [-0.3, -0.25) is 4.90 Å². The maximum atomic E-state index is 12.5. The number of aliphatic hydroxyl groups excluding tert-OH is 2. The lowest BCUT2D eigenvalue weighted by Gasteiger charge is -2.33. The van der Waals surface area contributed by atoms with E-state index in [1.54, 1.807) is 19.1 Å². The molecule has 1 aromatic rings.